The molecule has 0 aliphatic heterocycles. The molecule has 2 amide bonds. The molecule has 0 bridgehead atoms. The van der Waals surface area contributed by atoms with E-state index >= 15 is 0 Å². The number of halogens is 1. The van der Waals surface area contributed by atoms with Gasteiger partial charge in [0, 0.05) is 24.5 Å². The van der Waals surface area contributed by atoms with Crippen LogP contribution in [0, 0.1) is 0 Å². The van der Waals surface area contributed by atoms with Crippen molar-refractivity contribution in [2.75, 3.05) is 31.3 Å². The third-order valence-corrected chi connectivity index (χ3v) is 7.60. The van der Waals surface area contributed by atoms with Crippen molar-refractivity contribution >= 4 is 43.5 Å². The normalized spacial score (nSPS) is 11.9. The quantitative estimate of drug-likeness (QED) is 0.370. The minimum Gasteiger partial charge on any atom is -0.497 e. The zero-order valence-corrected chi connectivity index (χ0v) is 23.3. The van der Waals surface area contributed by atoms with Crippen LogP contribution in [0.2, 0.25) is 0 Å². The average Bonchev–Trinajstić information content (AvgIpc) is 2.89. The van der Waals surface area contributed by atoms with Crippen molar-refractivity contribution in [3.63, 3.8) is 0 Å². The number of sulfonamides is 1. The van der Waals surface area contributed by atoms with Gasteiger partial charge in [-0.3, -0.25) is 13.9 Å². The maximum Gasteiger partial charge on any atom is 0.244 e. The fourth-order valence-electron chi connectivity index (χ4n) is 3.94. The number of rotatable bonds is 11. The van der Waals surface area contributed by atoms with Gasteiger partial charge in [0.15, 0.2) is 0 Å². The first-order valence-electron chi connectivity index (χ1n) is 11.5. The highest BCUT2D eigenvalue weighted by atomic mass is 79.9. The summed E-state index contributed by atoms with van der Waals surface area (Å²) in [4.78, 5) is 28.4. The van der Waals surface area contributed by atoms with Gasteiger partial charge < -0.3 is 15.0 Å². The summed E-state index contributed by atoms with van der Waals surface area (Å²) in [6.45, 7) is -0.401. The molecule has 0 saturated carbocycles. The topological polar surface area (TPSA) is 96.0 Å². The summed E-state index contributed by atoms with van der Waals surface area (Å²) in [6.07, 6.45) is 1.30. The van der Waals surface area contributed by atoms with Gasteiger partial charge >= 0.3 is 0 Å². The third kappa shape index (κ3) is 7.56. The standard InChI is InChI=1S/C27H30BrN3O5S/c1-29-27(33)25(17-20-10-5-4-6-11-20)30(18-21-12-9-13-22(16-21)36-2)26(32)19-31(37(3,34)35)24-15-8-7-14-23(24)28/h4-16,25H,17-19H2,1-3H3,(H,29,33)/t25-/m1/s1. The maximum absolute atomic E-state index is 13.9. The third-order valence-electron chi connectivity index (χ3n) is 5.80. The SMILES string of the molecule is CNC(=O)[C@@H](Cc1ccccc1)N(Cc1cccc(OC)c1)C(=O)CN(c1ccccc1Br)S(C)(=O)=O. The van der Waals surface area contributed by atoms with Gasteiger partial charge in [-0.25, -0.2) is 8.42 Å². The number of benzene rings is 3. The lowest BCUT2D eigenvalue weighted by Gasteiger charge is -2.33. The van der Waals surface area contributed by atoms with E-state index in [4.69, 9.17) is 4.74 Å². The van der Waals surface area contributed by atoms with Crippen molar-refractivity contribution in [2.45, 2.75) is 19.0 Å². The first-order chi connectivity index (χ1) is 17.6. The lowest BCUT2D eigenvalue weighted by atomic mass is 10.0. The molecule has 1 N–H and O–H groups in total. The van der Waals surface area contributed by atoms with Gasteiger partial charge in [-0.1, -0.05) is 54.6 Å². The Hall–Kier alpha value is -3.37. The second-order valence-corrected chi connectivity index (χ2v) is 11.2. The Bertz CT molecular complexity index is 1330. The number of nitrogens with zero attached hydrogens (tertiary/aromatic N) is 2. The van der Waals surface area contributed by atoms with Crippen LogP contribution in [0.15, 0.2) is 83.3 Å². The van der Waals surface area contributed by atoms with E-state index in [-0.39, 0.29) is 18.9 Å². The van der Waals surface area contributed by atoms with Crippen LogP contribution in [-0.2, 0) is 32.6 Å². The molecule has 0 spiro atoms. The van der Waals surface area contributed by atoms with Crippen LogP contribution >= 0.6 is 15.9 Å². The summed E-state index contributed by atoms with van der Waals surface area (Å²) in [7, 11) is -0.767. The molecule has 0 aliphatic carbocycles. The number of likely N-dealkylation sites (N-methyl/N-ethyl adjacent to an activating group) is 1. The van der Waals surface area contributed by atoms with Gasteiger partial charge in [0.05, 0.1) is 19.1 Å². The largest absolute Gasteiger partial charge is 0.497 e. The maximum atomic E-state index is 13.9. The van der Waals surface area contributed by atoms with E-state index in [1.807, 2.05) is 36.4 Å². The van der Waals surface area contributed by atoms with Crippen molar-refractivity contribution in [1.82, 2.24) is 10.2 Å². The molecule has 10 heteroatoms. The Balaban J connectivity index is 2.04. The molecule has 1 atom stereocenters. The number of carbonyl (C=O) groups excluding carboxylic acids is 2. The highest BCUT2D eigenvalue weighted by Gasteiger charge is 2.33. The number of anilines is 1. The smallest absolute Gasteiger partial charge is 0.244 e. The Morgan fingerprint density at radius 1 is 0.973 bits per heavy atom. The lowest BCUT2D eigenvalue weighted by Crippen LogP contribution is -2.52. The summed E-state index contributed by atoms with van der Waals surface area (Å²) in [5.74, 6) is -0.268. The zero-order chi connectivity index (χ0) is 27.0. The molecule has 0 heterocycles. The van der Waals surface area contributed by atoms with E-state index in [2.05, 4.69) is 21.2 Å². The number of ether oxygens (including phenoxy) is 1. The van der Waals surface area contributed by atoms with E-state index in [0.29, 0.717) is 15.9 Å². The van der Waals surface area contributed by atoms with Crippen LogP contribution in [0.1, 0.15) is 11.1 Å². The van der Waals surface area contributed by atoms with Crippen molar-refractivity contribution in [1.29, 1.82) is 0 Å². The molecule has 0 aliphatic rings. The van der Waals surface area contributed by atoms with Gasteiger partial charge in [-0.2, -0.15) is 0 Å². The van der Waals surface area contributed by atoms with Crippen molar-refractivity contribution in [3.05, 3.63) is 94.5 Å². The second-order valence-electron chi connectivity index (χ2n) is 8.41. The van der Waals surface area contributed by atoms with Crippen molar-refractivity contribution < 1.29 is 22.7 Å². The van der Waals surface area contributed by atoms with Gasteiger partial charge in [0.2, 0.25) is 21.8 Å². The molecule has 0 saturated heterocycles. The van der Waals surface area contributed by atoms with E-state index < -0.39 is 28.5 Å². The van der Waals surface area contributed by atoms with Crippen molar-refractivity contribution in [3.8, 4) is 5.75 Å². The molecule has 0 fully saturated rings. The van der Waals surface area contributed by atoms with E-state index in [1.54, 1.807) is 49.6 Å². The first kappa shape index (κ1) is 28.2. The van der Waals surface area contributed by atoms with E-state index in [0.717, 1.165) is 21.7 Å². The van der Waals surface area contributed by atoms with Crippen LogP contribution in [0.4, 0.5) is 5.69 Å². The first-order valence-corrected chi connectivity index (χ1v) is 14.2. The molecule has 3 aromatic carbocycles. The number of hydrogen-bond donors (Lipinski definition) is 1. The number of carbonyl (C=O) groups is 2. The fraction of sp³-hybridized carbons (Fsp3) is 0.259. The zero-order valence-electron chi connectivity index (χ0n) is 20.9. The van der Waals surface area contributed by atoms with Crippen molar-refractivity contribution in [2.24, 2.45) is 0 Å². The highest BCUT2D eigenvalue weighted by Crippen LogP contribution is 2.28. The fourth-order valence-corrected chi connectivity index (χ4v) is 5.41. The number of amides is 2. The number of methoxy groups -OCH3 is 1. The summed E-state index contributed by atoms with van der Waals surface area (Å²) >= 11 is 3.38. The molecule has 0 aromatic heterocycles. The Morgan fingerprint density at radius 3 is 2.24 bits per heavy atom. The molecule has 37 heavy (non-hydrogen) atoms. The summed E-state index contributed by atoms with van der Waals surface area (Å²) in [5, 5.41) is 2.66. The molecular formula is C27H30BrN3O5S. The molecular weight excluding hydrogens is 558 g/mol. The lowest BCUT2D eigenvalue weighted by molar-refractivity contribution is -0.139. The number of para-hydroxylation sites is 1. The van der Waals surface area contributed by atoms with Crippen LogP contribution in [0.5, 0.6) is 5.75 Å². The van der Waals surface area contributed by atoms with Gasteiger partial charge in [0.25, 0.3) is 0 Å². The van der Waals surface area contributed by atoms with Crippen LogP contribution < -0.4 is 14.4 Å². The van der Waals surface area contributed by atoms with Gasteiger partial charge in [0.1, 0.15) is 18.3 Å². The number of nitrogens with one attached hydrogen (secondary N) is 1. The van der Waals surface area contributed by atoms with E-state index in [1.165, 1.54) is 11.9 Å². The van der Waals surface area contributed by atoms with Gasteiger partial charge in [-0.15, -0.1) is 0 Å². The van der Waals surface area contributed by atoms with Crippen LogP contribution in [-0.4, -0.2) is 58.1 Å². The second kappa shape index (κ2) is 12.7. The van der Waals surface area contributed by atoms with E-state index in [9.17, 15) is 18.0 Å². The average molecular weight is 589 g/mol. The van der Waals surface area contributed by atoms with Crippen LogP contribution in [0.25, 0.3) is 0 Å². The molecule has 0 unspecified atom stereocenters. The summed E-state index contributed by atoms with van der Waals surface area (Å²) < 4.78 is 32.4. The molecule has 3 aromatic rings. The predicted molar refractivity (Wildman–Crippen MR) is 148 cm³/mol. The molecule has 0 radical (unpaired) electrons. The summed E-state index contributed by atoms with van der Waals surface area (Å²) in [6, 6.07) is 22.5. The highest BCUT2D eigenvalue weighted by molar-refractivity contribution is 9.10. The Morgan fingerprint density at radius 2 is 1.62 bits per heavy atom. The van der Waals surface area contributed by atoms with Gasteiger partial charge in [-0.05, 0) is 51.3 Å². The van der Waals surface area contributed by atoms with Crippen LogP contribution in [0.3, 0.4) is 0 Å². The Kier molecular flexibility index (Phi) is 9.71. The predicted octanol–water partition coefficient (Wildman–Crippen LogP) is 3.61. The molecule has 3 rings (SSSR count). The molecule has 196 valence electrons. The summed E-state index contributed by atoms with van der Waals surface area (Å²) in [5.41, 5.74) is 1.94. The minimum atomic E-state index is -3.83. The monoisotopic (exact) mass is 587 g/mol. The Labute approximate surface area is 226 Å². The molecule has 8 nitrogen and oxygen atoms in total. The number of hydrogen-bond acceptors (Lipinski definition) is 5. The minimum absolute atomic E-state index is 0.0779.